The van der Waals surface area contributed by atoms with Gasteiger partial charge in [0.05, 0.1) is 0 Å². The molecule has 1 aromatic carbocycles. The van der Waals surface area contributed by atoms with Crippen molar-refractivity contribution >= 4 is 11.6 Å². The molecule has 0 spiro atoms. The summed E-state index contributed by atoms with van der Waals surface area (Å²) in [7, 11) is 0. The van der Waals surface area contributed by atoms with E-state index in [0.717, 1.165) is 30.0 Å². The molecule has 1 amide bonds. The van der Waals surface area contributed by atoms with Gasteiger partial charge in [-0.15, -0.1) is 0 Å². The number of anilines is 1. The molecule has 0 aromatic heterocycles. The molecule has 0 saturated carbocycles. The Bertz CT molecular complexity index is 467. The Balaban J connectivity index is 2.30. The van der Waals surface area contributed by atoms with Crippen molar-refractivity contribution in [2.75, 3.05) is 12.3 Å². The summed E-state index contributed by atoms with van der Waals surface area (Å²) in [6.07, 6.45) is 6.07. The zero-order valence-electron chi connectivity index (χ0n) is 14.0. The van der Waals surface area contributed by atoms with Gasteiger partial charge in [-0.25, -0.2) is 0 Å². The molecular formula is C18H30N2O. The van der Waals surface area contributed by atoms with Crippen molar-refractivity contribution in [1.29, 1.82) is 0 Å². The molecule has 0 aliphatic heterocycles. The van der Waals surface area contributed by atoms with Crippen LogP contribution in [0.15, 0.2) is 12.1 Å². The molecule has 0 aliphatic rings. The Hall–Kier alpha value is -1.51. The van der Waals surface area contributed by atoms with Crippen LogP contribution < -0.4 is 11.1 Å². The summed E-state index contributed by atoms with van der Waals surface area (Å²) in [5.41, 5.74) is 9.26. The highest BCUT2D eigenvalue weighted by molar-refractivity contribution is 5.96. The number of nitrogen functional groups attached to an aromatic ring is 1. The molecule has 0 aliphatic carbocycles. The van der Waals surface area contributed by atoms with Crippen LogP contribution in [0.1, 0.15) is 67.4 Å². The highest BCUT2D eigenvalue weighted by Crippen LogP contribution is 2.17. The van der Waals surface area contributed by atoms with E-state index < -0.39 is 0 Å². The Labute approximate surface area is 129 Å². The summed E-state index contributed by atoms with van der Waals surface area (Å²) in [5.74, 6) is 0.779. The fraction of sp³-hybridized carbons (Fsp3) is 0.611. The fourth-order valence-corrected chi connectivity index (χ4v) is 2.44. The standard InChI is InChI=1S/C18H30N2O/c1-13(2)9-7-5-6-8-10-20-18(21)16-12-17(19)15(4)11-14(16)3/h11-13H,5-10,19H2,1-4H3,(H,20,21). The van der Waals surface area contributed by atoms with Gasteiger partial charge in [-0.2, -0.15) is 0 Å². The second-order valence-electron chi connectivity index (χ2n) is 6.38. The maximum Gasteiger partial charge on any atom is 0.251 e. The Kier molecular flexibility index (Phi) is 7.27. The molecule has 3 heteroatoms. The summed E-state index contributed by atoms with van der Waals surface area (Å²) >= 11 is 0. The van der Waals surface area contributed by atoms with E-state index in [-0.39, 0.29) is 5.91 Å². The first kappa shape index (κ1) is 17.5. The molecule has 3 N–H and O–H groups in total. The SMILES string of the molecule is Cc1cc(C)c(C(=O)NCCCCCCC(C)C)cc1N. The number of hydrogen-bond acceptors (Lipinski definition) is 2. The quantitative estimate of drug-likeness (QED) is 0.556. The van der Waals surface area contributed by atoms with Gasteiger partial charge >= 0.3 is 0 Å². The van der Waals surface area contributed by atoms with Crippen LogP contribution in [0.4, 0.5) is 5.69 Å². The van der Waals surface area contributed by atoms with Gasteiger partial charge in [-0.1, -0.05) is 45.6 Å². The first-order chi connectivity index (χ1) is 9.91. The maximum atomic E-state index is 12.1. The molecular weight excluding hydrogens is 260 g/mol. The summed E-state index contributed by atoms with van der Waals surface area (Å²) < 4.78 is 0. The Morgan fingerprint density at radius 2 is 1.76 bits per heavy atom. The molecule has 0 atom stereocenters. The van der Waals surface area contributed by atoms with Gasteiger partial charge in [0.25, 0.3) is 5.91 Å². The highest BCUT2D eigenvalue weighted by Gasteiger charge is 2.10. The number of hydrogen-bond donors (Lipinski definition) is 2. The van der Waals surface area contributed by atoms with E-state index in [4.69, 9.17) is 5.73 Å². The lowest BCUT2D eigenvalue weighted by molar-refractivity contribution is 0.0952. The van der Waals surface area contributed by atoms with E-state index in [1.807, 2.05) is 19.9 Å². The molecule has 0 radical (unpaired) electrons. The topological polar surface area (TPSA) is 55.1 Å². The number of nitrogens with one attached hydrogen (secondary N) is 1. The summed E-state index contributed by atoms with van der Waals surface area (Å²) in [4.78, 5) is 12.1. The Morgan fingerprint density at radius 1 is 1.10 bits per heavy atom. The van der Waals surface area contributed by atoms with E-state index in [2.05, 4.69) is 19.2 Å². The monoisotopic (exact) mass is 290 g/mol. The number of aryl methyl sites for hydroxylation is 2. The molecule has 0 unspecified atom stereocenters. The molecule has 3 nitrogen and oxygen atoms in total. The van der Waals surface area contributed by atoms with Crippen LogP contribution in [0.3, 0.4) is 0 Å². The molecule has 118 valence electrons. The van der Waals surface area contributed by atoms with Crippen LogP contribution in [0.5, 0.6) is 0 Å². The van der Waals surface area contributed by atoms with Gasteiger partial charge in [0, 0.05) is 17.8 Å². The van der Waals surface area contributed by atoms with Crippen LogP contribution >= 0.6 is 0 Å². The van der Waals surface area contributed by atoms with Crippen molar-refractivity contribution < 1.29 is 4.79 Å². The predicted molar refractivity (Wildman–Crippen MR) is 90.6 cm³/mol. The van der Waals surface area contributed by atoms with Gasteiger partial charge < -0.3 is 11.1 Å². The van der Waals surface area contributed by atoms with Crippen LogP contribution in [0.25, 0.3) is 0 Å². The summed E-state index contributed by atoms with van der Waals surface area (Å²) in [6.45, 7) is 9.17. The van der Waals surface area contributed by atoms with E-state index in [9.17, 15) is 4.79 Å². The smallest absolute Gasteiger partial charge is 0.251 e. The number of rotatable bonds is 8. The van der Waals surface area contributed by atoms with Crippen molar-refractivity contribution in [3.05, 3.63) is 28.8 Å². The summed E-state index contributed by atoms with van der Waals surface area (Å²) in [6, 6.07) is 3.75. The lowest BCUT2D eigenvalue weighted by Gasteiger charge is -2.10. The molecule has 0 bridgehead atoms. The normalized spacial score (nSPS) is 10.9. The zero-order chi connectivity index (χ0) is 15.8. The minimum absolute atomic E-state index is 0.0126. The molecule has 0 heterocycles. The van der Waals surface area contributed by atoms with Crippen molar-refractivity contribution in [3.63, 3.8) is 0 Å². The van der Waals surface area contributed by atoms with Gasteiger partial charge in [0.1, 0.15) is 0 Å². The number of unbranched alkanes of at least 4 members (excludes halogenated alkanes) is 3. The average molecular weight is 290 g/mol. The van der Waals surface area contributed by atoms with Gasteiger partial charge in [0.2, 0.25) is 0 Å². The number of carbonyl (C=O) groups is 1. The third-order valence-corrected chi connectivity index (χ3v) is 3.85. The summed E-state index contributed by atoms with van der Waals surface area (Å²) in [5, 5.41) is 2.99. The predicted octanol–water partition coefficient (Wildman–Crippen LogP) is 4.22. The second kappa shape index (κ2) is 8.71. The number of carbonyl (C=O) groups excluding carboxylic acids is 1. The van der Waals surface area contributed by atoms with Gasteiger partial charge in [-0.05, 0) is 43.4 Å². The third-order valence-electron chi connectivity index (χ3n) is 3.85. The molecule has 0 saturated heterocycles. The zero-order valence-corrected chi connectivity index (χ0v) is 14.0. The molecule has 21 heavy (non-hydrogen) atoms. The number of amides is 1. The van der Waals surface area contributed by atoms with Crippen molar-refractivity contribution in [2.24, 2.45) is 5.92 Å². The third kappa shape index (κ3) is 6.19. The Morgan fingerprint density at radius 3 is 2.43 bits per heavy atom. The minimum Gasteiger partial charge on any atom is -0.398 e. The molecule has 0 fully saturated rings. The van der Waals surface area contributed by atoms with Crippen molar-refractivity contribution in [2.45, 2.75) is 59.8 Å². The van der Waals surface area contributed by atoms with E-state index in [1.165, 1.54) is 25.7 Å². The number of benzene rings is 1. The van der Waals surface area contributed by atoms with Crippen molar-refractivity contribution in [1.82, 2.24) is 5.32 Å². The fourth-order valence-electron chi connectivity index (χ4n) is 2.44. The van der Waals surface area contributed by atoms with Crippen LogP contribution in [-0.4, -0.2) is 12.5 Å². The van der Waals surface area contributed by atoms with Crippen LogP contribution in [0, 0.1) is 19.8 Å². The molecule has 1 aromatic rings. The largest absolute Gasteiger partial charge is 0.398 e. The first-order valence-corrected chi connectivity index (χ1v) is 8.06. The van der Waals surface area contributed by atoms with Gasteiger partial charge in [0.15, 0.2) is 0 Å². The first-order valence-electron chi connectivity index (χ1n) is 8.06. The molecule has 1 rings (SSSR count). The lowest BCUT2D eigenvalue weighted by Crippen LogP contribution is -2.25. The van der Waals surface area contributed by atoms with E-state index in [1.54, 1.807) is 6.07 Å². The lowest BCUT2D eigenvalue weighted by atomic mass is 10.0. The minimum atomic E-state index is -0.0126. The van der Waals surface area contributed by atoms with Crippen LogP contribution in [-0.2, 0) is 0 Å². The van der Waals surface area contributed by atoms with Crippen LogP contribution in [0.2, 0.25) is 0 Å². The average Bonchev–Trinajstić information content (AvgIpc) is 2.41. The maximum absolute atomic E-state index is 12.1. The van der Waals surface area contributed by atoms with E-state index in [0.29, 0.717) is 11.3 Å². The van der Waals surface area contributed by atoms with E-state index >= 15 is 0 Å². The number of nitrogens with two attached hydrogens (primary N) is 1. The highest BCUT2D eigenvalue weighted by atomic mass is 16.1. The van der Waals surface area contributed by atoms with Gasteiger partial charge in [-0.3, -0.25) is 4.79 Å². The second-order valence-corrected chi connectivity index (χ2v) is 6.38. The van der Waals surface area contributed by atoms with Crippen molar-refractivity contribution in [3.8, 4) is 0 Å².